The highest BCUT2D eigenvalue weighted by atomic mass is 32.1. The molecule has 184 valence electrons. The number of imidazole rings is 1. The van der Waals surface area contributed by atoms with Crippen molar-refractivity contribution >= 4 is 49.9 Å². The smallest absolute Gasteiger partial charge is 0.320 e. The van der Waals surface area contributed by atoms with Gasteiger partial charge in [-0.15, -0.1) is 11.3 Å². The molecule has 1 unspecified atom stereocenters. The topological polar surface area (TPSA) is 135 Å². The van der Waals surface area contributed by atoms with Gasteiger partial charge in [-0.05, 0) is 41.5 Å². The Morgan fingerprint density at radius 2 is 2.00 bits per heavy atom. The fourth-order valence-corrected chi connectivity index (χ4v) is 5.36. The van der Waals surface area contributed by atoms with Crippen LogP contribution in [0.1, 0.15) is 11.3 Å². The molecule has 6 aromatic rings. The fraction of sp³-hybridized carbons (Fsp3) is 0.111. The quantitative estimate of drug-likeness (QED) is 0.232. The van der Waals surface area contributed by atoms with Crippen LogP contribution in [0.25, 0.3) is 31.6 Å². The zero-order valence-electron chi connectivity index (χ0n) is 19.6. The molecular weight excluding hydrogens is 486 g/mol. The second-order valence-corrected chi connectivity index (χ2v) is 9.86. The molecule has 9 nitrogen and oxygen atoms in total. The van der Waals surface area contributed by atoms with Crippen LogP contribution in [0.4, 0.5) is 11.5 Å². The normalized spacial score (nSPS) is 12.2. The zero-order valence-corrected chi connectivity index (χ0v) is 20.4. The molecule has 5 N–H and O–H groups in total. The number of H-pyrrole nitrogens is 1. The Labute approximate surface area is 215 Å². The number of thiophene rings is 1. The first-order valence-corrected chi connectivity index (χ1v) is 12.5. The first-order valence-electron chi connectivity index (χ1n) is 11.7. The maximum Gasteiger partial charge on any atom is 0.320 e. The molecule has 37 heavy (non-hydrogen) atoms. The van der Waals surface area contributed by atoms with Gasteiger partial charge in [0.1, 0.15) is 12.4 Å². The maximum atomic E-state index is 11.1. The van der Waals surface area contributed by atoms with Crippen LogP contribution in [0.3, 0.4) is 0 Å². The predicted molar refractivity (Wildman–Crippen MR) is 145 cm³/mol. The van der Waals surface area contributed by atoms with Gasteiger partial charge in [-0.2, -0.15) is 0 Å². The van der Waals surface area contributed by atoms with Crippen molar-refractivity contribution in [3.63, 3.8) is 0 Å². The summed E-state index contributed by atoms with van der Waals surface area (Å²) in [6.07, 6.45) is 7.10. The summed E-state index contributed by atoms with van der Waals surface area (Å²) in [5.41, 5.74) is 11.6. The summed E-state index contributed by atoms with van der Waals surface area (Å²) in [4.78, 5) is 28.6. The van der Waals surface area contributed by atoms with Crippen molar-refractivity contribution in [2.75, 3.05) is 5.32 Å². The van der Waals surface area contributed by atoms with Crippen molar-refractivity contribution in [1.29, 1.82) is 0 Å². The Bertz CT molecular complexity index is 1720. The molecule has 0 saturated heterocycles. The number of nitrogens with one attached hydrogen (secondary N) is 2. The number of aromatic amines is 1. The van der Waals surface area contributed by atoms with E-state index < -0.39 is 12.0 Å². The Morgan fingerprint density at radius 3 is 2.84 bits per heavy atom. The summed E-state index contributed by atoms with van der Waals surface area (Å²) in [6, 6.07) is 17.6. The van der Waals surface area contributed by atoms with Crippen LogP contribution in [0, 0.1) is 0 Å². The molecule has 1 atom stereocenters. The van der Waals surface area contributed by atoms with Gasteiger partial charge in [0.2, 0.25) is 0 Å². The van der Waals surface area contributed by atoms with Gasteiger partial charge in [-0.3, -0.25) is 4.79 Å². The van der Waals surface area contributed by atoms with E-state index in [0.717, 1.165) is 54.3 Å². The number of aliphatic carboxylic acids is 1. The molecule has 10 heteroatoms. The SMILES string of the molecule is NC(Cc1cncn1Cc1ccc(-c2cc3ncnc(Nc4ccc5[nH]ccc5c4)c3s2)cc1)C(=O)O. The number of hydrogen-bond donors (Lipinski definition) is 4. The van der Waals surface area contributed by atoms with Gasteiger partial charge in [-0.25, -0.2) is 15.0 Å². The number of hydrogen-bond acceptors (Lipinski definition) is 7. The molecule has 0 aliphatic heterocycles. The Kier molecular flexibility index (Phi) is 5.87. The Hall–Kier alpha value is -4.54. The molecule has 0 amide bonds. The van der Waals surface area contributed by atoms with Crippen molar-refractivity contribution in [2.24, 2.45) is 5.73 Å². The molecule has 0 aliphatic carbocycles. The standard InChI is InChI=1S/C27H23N7O2S/c28-21(27(35)36)10-20-12-29-15-34(20)13-16-1-3-17(4-2-16)24-11-23-25(37-24)26(32-14-31-23)33-19-5-6-22-18(9-19)7-8-30-22/h1-9,11-12,14-15,21,30H,10,13,28H2,(H,35,36)(H,31,32,33). The van der Waals surface area contributed by atoms with Crippen LogP contribution < -0.4 is 11.1 Å². The van der Waals surface area contributed by atoms with E-state index in [4.69, 9.17) is 10.8 Å². The van der Waals surface area contributed by atoms with E-state index in [1.165, 1.54) is 0 Å². The van der Waals surface area contributed by atoms with Crippen molar-refractivity contribution < 1.29 is 9.90 Å². The van der Waals surface area contributed by atoms with Crippen LogP contribution >= 0.6 is 11.3 Å². The largest absolute Gasteiger partial charge is 0.480 e. The first-order chi connectivity index (χ1) is 18.0. The van der Waals surface area contributed by atoms with Gasteiger partial charge in [0.05, 0.1) is 16.5 Å². The van der Waals surface area contributed by atoms with E-state index in [-0.39, 0.29) is 6.42 Å². The Balaban J connectivity index is 1.22. The monoisotopic (exact) mass is 509 g/mol. The van der Waals surface area contributed by atoms with E-state index in [1.807, 2.05) is 29.0 Å². The van der Waals surface area contributed by atoms with Gasteiger partial charge in [0.25, 0.3) is 0 Å². The summed E-state index contributed by atoms with van der Waals surface area (Å²) < 4.78 is 2.92. The van der Waals surface area contributed by atoms with Crippen LogP contribution in [0.2, 0.25) is 0 Å². The lowest BCUT2D eigenvalue weighted by Gasteiger charge is -2.11. The van der Waals surface area contributed by atoms with Crippen molar-refractivity contribution in [2.45, 2.75) is 19.0 Å². The second-order valence-electron chi connectivity index (χ2n) is 8.81. The summed E-state index contributed by atoms with van der Waals surface area (Å²) in [5.74, 6) is -0.245. The number of carboxylic acids is 1. The lowest BCUT2D eigenvalue weighted by molar-refractivity contribution is -0.138. The van der Waals surface area contributed by atoms with E-state index in [1.54, 1.807) is 30.2 Å². The lowest BCUT2D eigenvalue weighted by atomic mass is 10.1. The van der Waals surface area contributed by atoms with Crippen molar-refractivity contribution in [3.05, 3.63) is 90.9 Å². The second kappa shape index (κ2) is 9.49. The minimum absolute atomic E-state index is 0.228. The molecule has 0 fully saturated rings. The van der Waals surface area contributed by atoms with Gasteiger partial charge >= 0.3 is 5.97 Å². The molecule has 0 saturated carbocycles. The van der Waals surface area contributed by atoms with Gasteiger partial charge in [0, 0.05) is 52.5 Å². The number of carboxylic acid groups (broad SMARTS) is 1. The molecular formula is C27H23N7O2S. The molecule has 0 spiro atoms. The molecule has 2 aromatic carbocycles. The number of carbonyl (C=O) groups is 1. The summed E-state index contributed by atoms with van der Waals surface area (Å²) in [7, 11) is 0. The molecule has 4 aromatic heterocycles. The van der Waals surface area contributed by atoms with Crippen molar-refractivity contribution in [1.82, 2.24) is 24.5 Å². The van der Waals surface area contributed by atoms with Crippen LogP contribution in [-0.4, -0.2) is 41.6 Å². The number of nitrogens with zero attached hydrogens (tertiary/aromatic N) is 4. The average Bonchev–Trinajstić information content (AvgIpc) is 3.64. The number of benzene rings is 2. The van der Waals surface area contributed by atoms with Crippen molar-refractivity contribution in [3.8, 4) is 10.4 Å². The summed E-state index contributed by atoms with van der Waals surface area (Å²) in [5, 5.41) is 13.7. The number of aromatic nitrogens is 5. The minimum atomic E-state index is -1.02. The zero-order chi connectivity index (χ0) is 25.4. The highest BCUT2D eigenvalue weighted by molar-refractivity contribution is 7.22. The molecule has 4 heterocycles. The van der Waals surface area contributed by atoms with Crippen LogP contribution in [-0.2, 0) is 17.8 Å². The summed E-state index contributed by atoms with van der Waals surface area (Å²) >= 11 is 1.65. The number of rotatable bonds is 8. The third-order valence-electron chi connectivity index (χ3n) is 6.26. The third kappa shape index (κ3) is 4.67. The maximum absolute atomic E-state index is 11.1. The fourth-order valence-electron chi connectivity index (χ4n) is 4.30. The average molecular weight is 510 g/mol. The lowest BCUT2D eigenvalue weighted by Crippen LogP contribution is -2.33. The Morgan fingerprint density at radius 1 is 1.14 bits per heavy atom. The highest BCUT2D eigenvalue weighted by Gasteiger charge is 2.15. The predicted octanol–water partition coefficient (Wildman–Crippen LogP) is 4.78. The first kappa shape index (κ1) is 22.9. The minimum Gasteiger partial charge on any atom is -0.480 e. The number of fused-ring (bicyclic) bond motifs is 2. The van der Waals surface area contributed by atoms with Gasteiger partial charge in [-0.1, -0.05) is 24.3 Å². The van der Waals surface area contributed by atoms with E-state index >= 15 is 0 Å². The van der Waals surface area contributed by atoms with Crippen LogP contribution in [0.15, 0.2) is 79.6 Å². The highest BCUT2D eigenvalue weighted by Crippen LogP contribution is 2.37. The molecule has 6 rings (SSSR count). The molecule has 0 radical (unpaired) electrons. The van der Waals surface area contributed by atoms with Gasteiger partial charge < -0.3 is 25.7 Å². The number of anilines is 2. The third-order valence-corrected chi connectivity index (χ3v) is 7.44. The van der Waals surface area contributed by atoms with Crippen LogP contribution in [0.5, 0.6) is 0 Å². The van der Waals surface area contributed by atoms with Gasteiger partial charge in [0.15, 0.2) is 5.82 Å². The van der Waals surface area contributed by atoms with E-state index in [0.29, 0.717) is 6.54 Å². The summed E-state index contributed by atoms with van der Waals surface area (Å²) in [6.45, 7) is 0.583. The van der Waals surface area contributed by atoms with E-state index in [9.17, 15) is 4.79 Å². The van der Waals surface area contributed by atoms with E-state index in [2.05, 4.69) is 61.7 Å². The molecule has 0 bridgehead atoms. The molecule has 0 aliphatic rings. The number of nitrogens with two attached hydrogens (primary N) is 1.